The van der Waals surface area contributed by atoms with Gasteiger partial charge in [-0.25, -0.2) is 9.24 Å². The standard InChI is InChI=1S/C24H25FN4O2S/c1-15-18(26-4)13-14-19(21(15)25)28-22(31)24(2,3)29(23(28)32)17-11-9-16(10-12-17)7-6-8-20(30)27-5/h9-14H,6-8H2,1-3,5H3,(H,27,30). The van der Waals surface area contributed by atoms with Crippen LogP contribution in [0.3, 0.4) is 0 Å². The molecule has 3 rings (SSSR count). The third-order valence-electron chi connectivity index (χ3n) is 5.71. The van der Waals surface area contributed by atoms with Gasteiger partial charge in [0.25, 0.3) is 5.91 Å². The molecular weight excluding hydrogens is 427 g/mol. The van der Waals surface area contributed by atoms with Crippen LogP contribution in [0.5, 0.6) is 0 Å². The molecule has 0 atom stereocenters. The molecule has 2 aromatic carbocycles. The summed E-state index contributed by atoms with van der Waals surface area (Å²) in [6.45, 7) is 12.2. The van der Waals surface area contributed by atoms with Crippen LogP contribution in [0, 0.1) is 19.3 Å². The maximum atomic E-state index is 15.0. The van der Waals surface area contributed by atoms with Crippen LogP contribution in [-0.4, -0.2) is 29.5 Å². The number of thiocarbonyl (C=S) groups is 1. The zero-order valence-electron chi connectivity index (χ0n) is 18.5. The Morgan fingerprint density at radius 1 is 1.22 bits per heavy atom. The average molecular weight is 453 g/mol. The zero-order chi connectivity index (χ0) is 23.6. The van der Waals surface area contributed by atoms with Crippen molar-refractivity contribution >= 4 is 46.2 Å². The first-order valence-electron chi connectivity index (χ1n) is 10.3. The minimum Gasteiger partial charge on any atom is -0.359 e. The van der Waals surface area contributed by atoms with E-state index in [1.165, 1.54) is 24.0 Å². The Morgan fingerprint density at radius 3 is 2.47 bits per heavy atom. The number of nitrogens with one attached hydrogen (secondary N) is 1. The van der Waals surface area contributed by atoms with E-state index in [4.69, 9.17) is 18.8 Å². The monoisotopic (exact) mass is 452 g/mol. The number of carbonyl (C=O) groups excluding carboxylic acids is 2. The summed E-state index contributed by atoms with van der Waals surface area (Å²) in [5.41, 5.74) is 1.21. The predicted molar refractivity (Wildman–Crippen MR) is 127 cm³/mol. The van der Waals surface area contributed by atoms with E-state index in [2.05, 4.69) is 10.2 Å². The number of rotatable bonds is 6. The van der Waals surface area contributed by atoms with Gasteiger partial charge in [-0.05, 0) is 75.2 Å². The van der Waals surface area contributed by atoms with Gasteiger partial charge < -0.3 is 10.2 Å². The molecule has 0 radical (unpaired) electrons. The second-order valence-corrected chi connectivity index (χ2v) is 8.53. The Kier molecular flexibility index (Phi) is 6.60. The molecule has 6 nitrogen and oxygen atoms in total. The molecule has 0 saturated carbocycles. The molecule has 1 N–H and O–H groups in total. The lowest BCUT2D eigenvalue weighted by Crippen LogP contribution is -2.44. The Balaban J connectivity index is 1.88. The van der Waals surface area contributed by atoms with Gasteiger partial charge >= 0.3 is 0 Å². The maximum absolute atomic E-state index is 15.0. The molecule has 1 fully saturated rings. The van der Waals surface area contributed by atoms with Crippen molar-refractivity contribution in [3.63, 3.8) is 0 Å². The summed E-state index contributed by atoms with van der Waals surface area (Å²) in [6, 6.07) is 10.6. The third kappa shape index (κ3) is 4.08. The van der Waals surface area contributed by atoms with Crippen molar-refractivity contribution in [1.82, 2.24) is 5.32 Å². The molecule has 0 aliphatic carbocycles. The van der Waals surface area contributed by atoms with Crippen LogP contribution >= 0.6 is 12.2 Å². The van der Waals surface area contributed by atoms with E-state index in [0.29, 0.717) is 6.42 Å². The fraction of sp³-hybridized carbons (Fsp3) is 0.333. The van der Waals surface area contributed by atoms with E-state index in [0.717, 1.165) is 24.1 Å². The molecule has 32 heavy (non-hydrogen) atoms. The molecular formula is C24H25FN4O2S. The molecule has 2 aromatic rings. The van der Waals surface area contributed by atoms with Crippen LogP contribution in [-0.2, 0) is 16.0 Å². The molecule has 1 heterocycles. The van der Waals surface area contributed by atoms with E-state index in [1.54, 1.807) is 25.8 Å². The summed E-state index contributed by atoms with van der Waals surface area (Å²) in [7, 11) is 1.62. The Morgan fingerprint density at radius 2 is 1.88 bits per heavy atom. The normalized spacial score (nSPS) is 15.1. The van der Waals surface area contributed by atoms with Crippen LogP contribution in [0.25, 0.3) is 4.85 Å². The van der Waals surface area contributed by atoms with Crippen LogP contribution in [0.1, 0.15) is 37.8 Å². The number of nitrogens with zero attached hydrogens (tertiary/aromatic N) is 3. The number of hydrogen-bond donors (Lipinski definition) is 1. The second kappa shape index (κ2) is 9.05. The summed E-state index contributed by atoms with van der Waals surface area (Å²) in [4.78, 5) is 30.9. The van der Waals surface area contributed by atoms with Crippen molar-refractivity contribution in [2.75, 3.05) is 16.8 Å². The van der Waals surface area contributed by atoms with Crippen molar-refractivity contribution < 1.29 is 14.0 Å². The van der Waals surface area contributed by atoms with Gasteiger partial charge in [0.2, 0.25) is 5.91 Å². The van der Waals surface area contributed by atoms with Gasteiger partial charge in [0.05, 0.1) is 12.3 Å². The van der Waals surface area contributed by atoms with Gasteiger partial charge in [-0.2, -0.15) is 0 Å². The van der Waals surface area contributed by atoms with Crippen LogP contribution in [0.2, 0.25) is 0 Å². The number of hydrogen-bond acceptors (Lipinski definition) is 3. The van der Waals surface area contributed by atoms with Gasteiger partial charge in [0.15, 0.2) is 10.8 Å². The number of anilines is 2. The highest BCUT2D eigenvalue weighted by Crippen LogP contribution is 2.39. The molecule has 0 spiro atoms. The lowest BCUT2D eigenvalue weighted by atomic mass is 10.0. The first kappa shape index (κ1) is 23.4. The Bertz CT molecular complexity index is 1120. The SMILES string of the molecule is [C-]#[N+]c1ccc(N2C(=O)C(C)(C)N(c3ccc(CCCC(=O)NC)cc3)C2=S)c(F)c1C. The second-order valence-electron chi connectivity index (χ2n) is 8.17. The van der Waals surface area contributed by atoms with Gasteiger partial charge in [-0.3, -0.25) is 14.5 Å². The molecule has 0 bridgehead atoms. The summed E-state index contributed by atoms with van der Waals surface area (Å²) in [6.07, 6.45) is 1.95. The third-order valence-corrected chi connectivity index (χ3v) is 6.07. The molecule has 0 unspecified atom stereocenters. The highest BCUT2D eigenvalue weighted by Gasteiger charge is 2.50. The molecule has 166 valence electrons. The maximum Gasteiger partial charge on any atom is 0.259 e. The average Bonchev–Trinajstić information content (AvgIpc) is 2.94. The largest absolute Gasteiger partial charge is 0.359 e. The van der Waals surface area contributed by atoms with Crippen molar-refractivity contribution in [2.45, 2.75) is 45.6 Å². The van der Waals surface area contributed by atoms with Crippen molar-refractivity contribution in [2.24, 2.45) is 0 Å². The quantitative estimate of drug-likeness (QED) is 0.511. The number of aryl methyl sites for hydroxylation is 1. The molecule has 1 aliphatic rings. The number of halogens is 1. The molecule has 0 aromatic heterocycles. The summed E-state index contributed by atoms with van der Waals surface area (Å²) in [5.74, 6) is -0.958. The van der Waals surface area contributed by atoms with Crippen LogP contribution in [0.4, 0.5) is 21.5 Å². The van der Waals surface area contributed by atoms with E-state index in [-0.39, 0.29) is 33.9 Å². The highest BCUT2D eigenvalue weighted by atomic mass is 32.1. The van der Waals surface area contributed by atoms with Gasteiger partial charge in [0, 0.05) is 19.2 Å². The highest BCUT2D eigenvalue weighted by molar-refractivity contribution is 7.81. The van der Waals surface area contributed by atoms with E-state index in [9.17, 15) is 9.59 Å². The number of carbonyl (C=O) groups is 2. The fourth-order valence-electron chi connectivity index (χ4n) is 3.79. The topological polar surface area (TPSA) is 57.0 Å². The van der Waals surface area contributed by atoms with Crippen molar-refractivity contribution in [1.29, 1.82) is 0 Å². The van der Waals surface area contributed by atoms with E-state index in [1.807, 2.05) is 24.3 Å². The van der Waals surface area contributed by atoms with Gasteiger partial charge in [-0.15, -0.1) is 0 Å². The van der Waals surface area contributed by atoms with Crippen LogP contribution < -0.4 is 15.1 Å². The molecule has 1 saturated heterocycles. The summed E-state index contributed by atoms with van der Waals surface area (Å²) >= 11 is 5.62. The smallest absolute Gasteiger partial charge is 0.259 e. The first-order chi connectivity index (χ1) is 15.1. The molecule has 1 aliphatic heterocycles. The number of benzene rings is 2. The lowest BCUT2D eigenvalue weighted by Gasteiger charge is -2.29. The minimum atomic E-state index is -1.02. The van der Waals surface area contributed by atoms with Crippen LogP contribution in [0.15, 0.2) is 36.4 Å². The fourth-order valence-corrected chi connectivity index (χ4v) is 4.30. The predicted octanol–water partition coefficient (Wildman–Crippen LogP) is 4.67. The van der Waals surface area contributed by atoms with Gasteiger partial charge in [-0.1, -0.05) is 18.2 Å². The van der Waals surface area contributed by atoms with E-state index >= 15 is 4.39 Å². The van der Waals surface area contributed by atoms with Crippen molar-refractivity contribution in [3.05, 3.63) is 64.8 Å². The number of amides is 2. The summed E-state index contributed by atoms with van der Waals surface area (Å²) < 4.78 is 15.0. The molecule has 8 heteroatoms. The zero-order valence-corrected chi connectivity index (χ0v) is 19.3. The Labute approximate surface area is 192 Å². The Hall–Kier alpha value is -3.31. The van der Waals surface area contributed by atoms with E-state index < -0.39 is 11.4 Å². The summed E-state index contributed by atoms with van der Waals surface area (Å²) in [5, 5.41) is 2.79. The lowest BCUT2D eigenvalue weighted by molar-refractivity contribution is -0.121. The van der Waals surface area contributed by atoms with Crippen molar-refractivity contribution in [3.8, 4) is 0 Å². The molecule has 2 amide bonds. The first-order valence-corrected chi connectivity index (χ1v) is 10.7. The van der Waals surface area contributed by atoms with Gasteiger partial charge in [0.1, 0.15) is 11.4 Å². The minimum absolute atomic E-state index is 0.0105.